The molecule has 14 heavy (non-hydrogen) atoms. The van der Waals surface area contributed by atoms with Crippen molar-refractivity contribution in [2.24, 2.45) is 0 Å². The molecule has 0 saturated heterocycles. The molecule has 1 atom stereocenters. The lowest BCUT2D eigenvalue weighted by molar-refractivity contribution is 0.0963. The third-order valence-electron chi connectivity index (χ3n) is 2.36. The molecule has 1 unspecified atom stereocenters. The van der Waals surface area contributed by atoms with Gasteiger partial charge in [0.1, 0.15) is 6.07 Å². The highest BCUT2D eigenvalue weighted by Crippen LogP contribution is 2.37. The van der Waals surface area contributed by atoms with E-state index in [9.17, 15) is 0 Å². The van der Waals surface area contributed by atoms with Crippen LogP contribution < -0.4 is 0 Å². The third-order valence-corrected chi connectivity index (χ3v) is 2.36. The summed E-state index contributed by atoms with van der Waals surface area (Å²) < 4.78 is 7.39. The summed E-state index contributed by atoms with van der Waals surface area (Å²) in [5, 5.41) is 8.94. The van der Waals surface area contributed by atoms with E-state index in [1.165, 1.54) is 12.8 Å². The highest BCUT2D eigenvalue weighted by molar-refractivity contribution is 5.13. The Hall–Kier alpha value is -1.34. The van der Waals surface area contributed by atoms with Crippen LogP contribution in [0.25, 0.3) is 0 Å². The predicted molar refractivity (Wildman–Crippen MR) is 50.5 cm³/mol. The summed E-state index contributed by atoms with van der Waals surface area (Å²) in [5.74, 6) is 0. The van der Waals surface area contributed by atoms with Crippen LogP contribution in [0.3, 0.4) is 0 Å². The molecule has 4 nitrogen and oxygen atoms in total. The zero-order chi connectivity index (χ0) is 9.97. The Kier molecular flexibility index (Phi) is 2.51. The smallest absolute Gasteiger partial charge is 0.185 e. The van der Waals surface area contributed by atoms with E-state index >= 15 is 0 Å². The second-order valence-corrected chi connectivity index (χ2v) is 3.42. The van der Waals surface area contributed by atoms with Crippen molar-refractivity contribution in [2.75, 3.05) is 6.61 Å². The number of aromatic nitrogens is 2. The molecule has 0 aliphatic heterocycles. The van der Waals surface area contributed by atoms with Crippen molar-refractivity contribution < 1.29 is 4.74 Å². The maximum absolute atomic E-state index is 8.94. The van der Waals surface area contributed by atoms with E-state index < -0.39 is 6.10 Å². The number of ether oxygens (including phenoxy) is 1. The Morgan fingerprint density at radius 3 is 3.14 bits per heavy atom. The van der Waals surface area contributed by atoms with Crippen molar-refractivity contribution in [3.63, 3.8) is 0 Å². The van der Waals surface area contributed by atoms with Gasteiger partial charge in [-0.15, -0.1) is 0 Å². The van der Waals surface area contributed by atoms with Crippen LogP contribution in [0.5, 0.6) is 0 Å². The first kappa shape index (κ1) is 9.22. The molecule has 0 N–H and O–H groups in total. The van der Waals surface area contributed by atoms with Crippen LogP contribution in [-0.2, 0) is 4.74 Å². The lowest BCUT2D eigenvalue weighted by atomic mass is 10.3. The molecule has 1 heterocycles. The molecular formula is C10H13N3O. The van der Waals surface area contributed by atoms with Crippen LogP contribution in [0.15, 0.2) is 12.5 Å². The second kappa shape index (κ2) is 3.81. The van der Waals surface area contributed by atoms with E-state index in [1.54, 1.807) is 12.5 Å². The number of hydrogen-bond donors (Lipinski definition) is 0. The Morgan fingerprint density at radius 1 is 1.79 bits per heavy atom. The molecular weight excluding hydrogens is 178 g/mol. The van der Waals surface area contributed by atoms with Gasteiger partial charge < -0.3 is 9.30 Å². The van der Waals surface area contributed by atoms with Gasteiger partial charge in [0.05, 0.1) is 18.2 Å². The van der Waals surface area contributed by atoms with E-state index in [1.807, 2.05) is 6.92 Å². The van der Waals surface area contributed by atoms with Gasteiger partial charge in [-0.3, -0.25) is 0 Å². The van der Waals surface area contributed by atoms with Crippen molar-refractivity contribution >= 4 is 0 Å². The highest BCUT2D eigenvalue weighted by Gasteiger charge is 2.28. The fourth-order valence-corrected chi connectivity index (χ4v) is 1.53. The van der Waals surface area contributed by atoms with Crippen LogP contribution in [0, 0.1) is 11.3 Å². The van der Waals surface area contributed by atoms with Crippen LogP contribution in [-0.4, -0.2) is 16.2 Å². The molecule has 0 radical (unpaired) electrons. The molecule has 0 bridgehead atoms. The topological polar surface area (TPSA) is 50.8 Å². The maximum atomic E-state index is 8.94. The Bertz CT molecular complexity index is 348. The zero-order valence-corrected chi connectivity index (χ0v) is 8.18. The van der Waals surface area contributed by atoms with Crippen LogP contribution in [0.4, 0.5) is 0 Å². The van der Waals surface area contributed by atoms with E-state index in [0.717, 1.165) is 5.69 Å². The molecule has 0 amide bonds. The van der Waals surface area contributed by atoms with E-state index in [2.05, 4.69) is 15.6 Å². The largest absolute Gasteiger partial charge is 0.357 e. The molecule has 1 aromatic rings. The summed E-state index contributed by atoms with van der Waals surface area (Å²) in [7, 11) is 0. The van der Waals surface area contributed by atoms with Gasteiger partial charge >= 0.3 is 0 Å². The summed E-state index contributed by atoms with van der Waals surface area (Å²) in [5.41, 5.74) is 0.886. The van der Waals surface area contributed by atoms with Gasteiger partial charge in [0.25, 0.3) is 0 Å². The molecule has 1 aromatic heterocycles. The van der Waals surface area contributed by atoms with E-state index in [4.69, 9.17) is 10.00 Å². The Balaban J connectivity index is 2.20. The van der Waals surface area contributed by atoms with Crippen LogP contribution in [0.2, 0.25) is 0 Å². The third kappa shape index (κ3) is 1.64. The first-order chi connectivity index (χ1) is 6.86. The molecule has 1 aliphatic rings. The van der Waals surface area contributed by atoms with E-state index in [-0.39, 0.29) is 0 Å². The van der Waals surface area contributed by atoms with Crippen LogP contribution >= 0.6 is 0 Å². The van der Waals surface area contributed by atoms with Gasteiger partial charge in [-0.1, -0.05) is 0 Å². The van der Waals surface area contributed by atoms with Crippen molar-refractivity contribution in [1.82, 2.24) is 9.55 Å². The summed E-state index contributed by atoms with van der Waals surface area (Å²) >= 11 is 0. The molecule has 0 aromatic carbocycles. The molecule has 4 heteroatoms. The minimum absolute atomic E-state index is 0.469. The van der Waals surface area contributed by atoms with Crippen molar-refractivity contribution in [2.45, 2.75) is 31.9 Å². The first-order valence-corrected chi connectivity index (χ1v) is 4.89. The SMILES string of the molecule is CCOC(C#N)c1cncn1C1CC1. The molecule has 1 aliphatic carbocycles. The van der Waals surface area contributed by atoms with E-state index in [0.29, 0.717) is 12.6 Å². The predicted octanol–water partition coefficient (Wildman–Crippen LogP) is 1.82. The van der Waals surface area contributed by atoms with Gasteiger partial charge in [-0.05, 0) is 19.8 Å². The number of nitrogens with zero attached hydrogens (tertiary/aromatic N) is 3. The Labute approximate surface area is 83.1 Å². The normalized spacial score (nSPS) is 17.7. The summed E-state index contributed by atoms with van der Waals surface area (Å²) in [4.78, 5) is 4.07. The summed E-state index contributed by atoms with van der Waals surface area (Å²) in [6.07, 6.45) is 5.42. The van der Waals surface area contributed by atoms with Gasteiger partial charge in [-0.25, -0.2) is 4.98 Å². The van der Waals surface area contributed by atoms with Gasteiger partial charge in [0.15, 0.2) is 6.10 Å². The zero-order valence-electron chi connectivity index (χ0n) is 8.18. The number of imidazole rings is 1. The van der Waals surface area contributed by atoms with Crippen molar-refractivity contribution in [3.8, 4) is 6.07 Å². The monoisotopic (exact) mass is 191 g/mol. The lowest BCUT2D eigenvalue weighted by Crippen LogP contribution is -2.08. The lowest BCUT2D eigenvalue weighted by Gasteiger charge is -2.11. The van der Waals surface area contributed by atoms with Crippen LogP contribution in [0.1, 0.15) is 37.6 Å². The number of nitriles is 1. The quantitative estimate of drug-likeness (QED) is 0.729. The van der Waals surface area contributed by atoms with Gasteiger partial charge in [-0.2, -0.15) is 5.26 Å². The molecule has 0 spiro atoms. The van der Waals surface area contributed by atoms with Crippen molar-refractivity contribution in [3.05, 3.63) is 18.2 Å². The highest BCUT2D eigenvalue weighted by atomic mass is 16.5. The minimum Gasteiger partial charge on any atom is -0.357 e. The average molecular weight is 191 g/mol. The fourth-order valence-electron chi connectivity index (χ4n) is 1.53. The second-order valence-electron chi connectivity index (χ2n) is 3.42. The summed E-state index contributed by atoms with van der Waals surface area (Å²) in [6, 6.07) is 2.69. The minimum atomic E-state index is -0.469. The van der Waals surface area contributed by atoms with Crippen molar-refractivity contribution in [1.29, 1.82) is 5.26 Å². The first-order valence-electron chi connectivity index (χ1n) is 4.89. The summed E-state index contributed by atoms with van der Waals surface area (Å²) in [6.45, 7) is 2.44. The number of hydrogen-bond acceptors (Lipinski definition) is 3. The fraction of sp³-hybridized carbons (Fsp3) is 0.600. The molecule has 1 fully saturated rings. The number of rotatable bonds is 4. The average Bonchev–Trinajstić information content (AvgIpc) is 2.94. The van der Waals surface area contributed by atoms with Gasteiger partial charge in [0.2, 0.25) is 0 Å². The Morgan fingerprint density at radius 2 is 2.57 bits per heavy atom. The molecule has 74 valence electrons. The molecule has 2 rings (SSSR count). The van der Waals surface area contributed by atoms with Gasteiger partial charge in [0, 0.05) is 12.6 Å². The molecule has 1 saturated carbocycles. The maximum Gasteiger partial charge on any atom is 0.185 e. The standard InChI is InChI=1S/C10H13N3O/c1-2-14-10(5-11)9-6-12-7-13(9)8-3-4-8/h6-8,10H,2-4H2,1H3.